The third-order valence-electron chi connectivity index (χ3n) is 2.42. The molecular weight excluding hydrogens is 192 g/mol. The van der Waals surface area contributed by atoms with Crippen LogP contribution in [0.5, 0.6) is 0 Å². The Hall–Kier alpha value is -1.42. The second-order valence-corrected chi connectivity index (χ2v) is 3.74. The van der Waals surface area contributed by atoms with Crippen molar-refractivity contribution in [2.75, 3.05) is 7.05 Å². The van der Waals surface area contributed by atoms with Crippen LogP contribution in [0.1, 0.15) is 18.2 Å². The maximum Gasteiger partial charge on any atom is 0.320 e. The summed E-state index contributed by atoms with van der Waals surface area (Å²) in [6.07, 6.45) is 1.78. The van der Waals surface area contributed by atoms with Crippen LogP contribution in [0.2, 0.25) is 0 Å². The highest BCUT2D eigenvalue weighted by atomic mass is 16.4. The number of hydrogen-bond donors (Lipinski definition) is 1. The van der Waals surface area contributed by atoms with Crippen molar-refractivity contribution in [1.29, 1.82) is 0 Å². The van der Waals surface area contributed by atoms with Crippen molar-refractivity contribution in [2.45, 2.75) is 26.4 Å². The molecule has 1 aromatic rings. The summed E-state index contributed by atoms with van der Waals surface area (Å²) in [6.45, 7) is 4.19. The van der Waals surface area contributed by atoms with E-state index in [-0.39, 0.29) is 0 Å². The van der Waals surface area contributed by atoms with Gasteiger partial charge in [-0.2, -0.15) is 0 Å². The van der Waals surface area contributed by atoms with Crippen LogP contribution in [0, 0.1) is 6.92 Å². The number of carboxylic acids is 1. The van der Waals surface area contributed by atoms with Gasteiger partial charge in [0.2, 0.25) is 0 Å². The molecule has 0 bridgehead atoms. The summed E-state index contributed by atoms with van der Waals surface area (Å²) in [5.74, 6) is -0.808. The van der Waals surface area contributed by atoms with Gasteiger partial charge in [0.1, 0.15) is 6.04 Å². The number of aromatic nitrogens is 1. The Bertz CT molecular complexity index is 335. The molecule has 0 aliphatic carbocycles. The van der Waals surface area contributed by atoms with Crippen LogP contribution in [0.4, 0.5) is 0 Å². The average molecular weight is 208 g/mol. The van der Waals surface area contributed by atoms with E-state index < -0.39 is 12.0 Å². The molecule has 1 heterocycles. The third kappa shape index (κ3) is 3.32. The number of carboxylic acid groups (broad SMARTS) is 1. The van der Waals surface area contributed by atoms with E-state index in [0.29, 0.717) is 6.54 Å². The third-order valence-corrected chi connectivity index (χ3v) is 2.42. The first-order valence-corrected chi connectivity index (χ1v) is 4.85. The molecule has 0 aliphatic rings. The van der Waals surface area contributed by atoms with E-state index in [2.05, 4.69) is 4.98 Å². The highest BCUT2D eigenvalue weighted by Crippen LogP contribution is 2.05. The maximum atomic E-state index is 10.7. The molecule has 0 radical (unpaired) electrons. The maximum absolute atomic E-state index is 10.7. The smallest absolute Gasteiger partial charge is 0.320 e. The van der Waals surface area contributed by atoms with E-state index >= 15 is 0 Å². The molecule has 0 saturated heterocycles. The lowest BCUT2D eigenvalue weighted by molar-refractivity contribution is -0.142. The van der Waals surface area contributed by atoms with Gasteiger partial charge in [-0.1, -0.05) is 6.07 Å². The number of hydrogen-bond acceptors (Lipinski definition) is 3. The molecule has 0 aromatic carbocycles. The van der Waals surface area contributed by atoms with Crippen molar-refractivity contribution < 1.29 is 9.90 Å². The predicted octanol–water partition coefficient (Wildman–Crippen LogP) is 1.29. The fraction of sp³-hybridized carbons (Fsp3) is 0.455. The van der Waals surface area contributed by atoms with Gasteiger partial charge in [0.05, 0.1) is 0 Å². The highest BCUT2D eigenvalue weighted by Gasteiger charge is 2.16. The van der Waals surface area contributed by atoms with Crippen LogP contribution < -0.4 is 0 Å². The van der Waals surface area contributed by atoms with Crippen LogP contribution in [-0.4, -0.2) is 34.0 Å². The fourth-order valence-electron chi connectivity index (χ4n) is 1.21. The number of aryl methyl sites for hydroxylation is 1. The summed E-state index contributed by atoms with van der Waals surface area (Å²) >= 11 is 0. The normalized spacial score (nSPS) is 12.8. The van der Waals surface area contributed by atoms with Crippen LogP contribution in [0.15, 0.2) is 18.3 Å². The second kappa shape index (κ2) is 4.89. The number of likely N-dealkylation sites (N-methyl/N-ethyl adjacent to an activating group) is 1. The van der Waals surface area contributed by atoms with E-state index in [1.165, 1.54) is 0 Å². The van der Waals surface area contributed by atoms with Gasteiger partial charge in [0, 0.05) is 18.4 Å². The Morgan fingerprint density at radius 2 is 2.27 bits per heavy atom. The summed E-state index contributed by atoms with van der Waals surface area (Å²) < 4.78 is 0. The zero-order valence-corrected chi connectivity index (χ0v) is 9.27. The Morgan fingerprint density at radius 1 is 1.60 bits per heavy atom. The van der Waals surface area contributed by atoms with Gasteiger partial charge < -0.3 is 5.11 Å². The van der Waals surface area contributed by atoms with Gasteiger partial charge >= 0.3 is 5.97 Å². The molecule has 0 spiro atoms. The SMILES string of the molecule is Cc1ccc(CN(C)C(C)C(=O)O)cn1. The molecule has 4 heteroatoms. The van der Waals surface area contributed by atoms with Crippen molar-refractivity contribution >= 4 is 5.97 Å². The minimum absolute atomic E-state index is 0.480. The molecule has 4 nitrogen and oxygen atoms in total. The zero-order chi connectivity index (χ0) is 11.4. The van der Waals surface area contributed by atoms with Gasteiger partial charge in [0.25, 0.3) is 0 Å². The minimum Gasteiger partial charge on any atom is -0.480 e. The van der Waals surface area contributed by atoms with E-state index in [9.17, 15) is 4.79 Å². The fourth-order valence-corrected chi connectivity index (χ4v) is 1.21. The van der Waals surface area contributed by atoms with Gasteiger partial charge in [-0.3, -0.25) is 14.7 Å². The first-order chi connectivity index (χ1) is 7.00. The lowest BCUT2D eigenvalue weighted by atomic mass is 10.2. The number of nitrogens with zero attached hydrogens (tertiary/aromatic N) is 2. The van der Waals surface area contributed by atoms with Crippen LogP contribution >= 0.6 is 0 Å². The van der Waals surface area contributed by atoms with E-state index in [1.807, 2.05) is 19.1 Å². The zero-order valence-electron chi connectivity index (χ0n) is 9.27. The lowest BCUT2D eigenvalue weighted by Crippen LogP contribution is -2.35. The Kier molecular flexibility index (Phi) is 3.80. The number of carbonyl (C=O) groups is 1. The van der Waals surface area contributed by atoms with Crippen molar-refractivity contribution in [2.24, 2.45) is 0 Å². The molecule has 1 aromatic heterocycles. The Balaban J connectivity index is 2.62. The standard InChI is InChI=1S/C11H16N2O2/c1-8-4-5-10(6-12-8)7-13(3)9(2)11(14)15/h4-6,9H,7H2,1-3H3,(H,14,15). The monoisotopic (exact) mass is 208 g/mol. The molecule has 82 valence electrons. The summed E-state index contributed by atoms with van der Waals surface area (Å²) in [6, 6.07) is 3.41. The largest absolute Gasteiger partial charge is 0.480 e. The molecule has 0 aliphatic heterocycles. The molecule has 15 heavy (non-hydrogen) atoms. The molecule has 1 rings (SSSR count). The van der Waals surface area contributed by atoms with Gasteiger partial charge in [0.15, 0.2) is 0 Å². The summed E-state index contributed by atoms with van der Waals surface area (Å²) in [7, 11) is 1.79. The molecule has 0 fully saturated rings. The van der Waals surface area contributed by atoms with E-state index in [0.717, 1.165) is 11.3 Å². The molecule has 1 atom stereocenters. The van der Waals surface area contributed by atoms with Crippen molar-refractivity contribution in [3.8, 4) is 0 Å². The summed E-state index contributed by atoms with van der Waals surface area (Å²) in [4.78, 5) is 16.7. The Labute approximate surface area is 89.6 Å². The average Bonchev–Trinajstić information content (AvgIpc) is 2.20. The Morgan fingerprint density at radius 3 is 2.73 bits per heavy atom. The highest BCUT2D eigenvalue weighted by molar-refractivity contribution is 5.72. The first-order valence-electron chi connectivity index (χ1n) is 4.85. The van der Waals surface area contributed by atoms with Gasteiger partial charge in [-0.25, -0.2) is 0 Å². The van der Waals surface area contributed by atoms with Crippen molar-refractivity contribution in [1.82, 2.24) is 9.88 Å². The molecule has 0 saturated carbocycles. The number of pyridine rings is 1. The predicted molar refractivity (Wildman–Crippen MR) is 57.5 cm³/mol. The van der Waals surface area contributed by atoms with Crippen LogP contribution in [-0.2, 0) is 11.3 Å². The molecule has 0 amide bonds. The van der Waals surface area contributed by atoms with Gasteiger partial charge in [-0.15, -0.1) is 0 Å². The number of aliphatic carboxylic acids is 1. The van der Waals surface area contributed by atoms with Crippen LogP contribution in [0.25, 0.3) is 0 Å². The van der Waals surface area contributed by atoms with Gasteiger partial charge in [-0.05, 0) is 32.5 Å². The number of rotatable bonds is 4. The van der Waals surface area contributed by atoms with E-state index in [1.54, 1.807) is 25.1 Å². The molecule has 1 unspecified atom stereocenters. The van der Waals surface area contributed by atoms with Crippen molar-refractivity contribution in [3.05, 3.63) is 29.6 Å². The quantitative estimate of drug-likeness (QED) is 0.810. The van der Waals surface area contributed by atoms with Crippen LogP contribution in [0.3, 0.4) is 0 Å². The second-order valence-electron chi connectivity index (χ2n) is 3.74. The van der Waals surface area contributed by atoms with Crippen molar-refractivity contribution in [3.63, 3.8) is 0 Å². The topological polar surface area (TPSA) is 53.4 Å². The minimum atomic E-state index is -0.808. The van der Waals surface area contributed by atoms with E-state index in [4.69, 9.17) is 5.11 Å². The summed E-state index contributed by atoms with van der Waals surface area (Å²) in [5.41, 5.74) is 1.99. The first kappa shape index (κ1) is 11.7. The lowest BCUT2D eigenvalue weighted by Gasteiger charge is -2.20. The summed E-state index contributed by atoms with van der Waals surface area (Å²) in [5, 5.41) is 8.82. The molecular formula is C11H16N2O2. The molecule has 1 N–H and O–H groups in total.